The van der Waals surface area contributed by atoms with E-state index in [0.717, 1.165) is 22.7 Å². The van der Waals surface area contributed by atoms with Crippen molar-refractivity contribution in [3.63, 3.8) is 0 Å². The Morgan fingerprint density at radius 2 is 2.17 bits per heavy atom. The lowest BCUT2D eigenvalue weighted by Crippen LogP contribution is -1.97. The third kappa shape index (κ3) is 1.57. The molecule has 0 atom stereocenters. The van der Waals surface area contributed by atoms with E-state index >= 15 is 0 Å². The van der Waals surface area contributed by atoms with Gasteiger partial charge in [0.05, 0.1) is 11.9 Å². The van der Waals surface area contributed by atoms with E-state index in [0.29, 0.717) is 0 Å². The zero-order valence-corrected chi connectivity index (χ0v) is 9.83. The zero-order chi connectivity index (χ0) is 12.5. The Balaban J connectivity index is 2.25. The van der Waals surface area contributed by atoms with Crippen LogP contribution in [0, 0.1) is 0 Å². The molecule has 0 saturated carbocycles. The lowest BCUT2D eigenvalue weighted by molar-refractivity contribution is 0.475. The Morgan fingerprint density at radius 1 is 1.28 bits per heavy atom. The minimum Gasteiger partial charge on any atom is -0.508 e. The predicted octanol–water partition coefficient (Wildman–Crippen LogP) is 2.14. The van der Waals surface area contributed by atoms with Gasteiger partial charge in [0.1, 0.15) is 5.75 Å². The number of hydrogen-bond acceptors (Lipinski definition) is 4. The number of phenols is 1. The summed E-state index contributed by atoms with van der Waals surface area (Å²) in [4.78, 5) is 8.56. The van der Waals surface area contributed by atoms with Crippen molar-refractivity contribution in [1.29, 1.82) is 0 Å². The molecule has 0 aliphatic rings. The van der Waals surface area contributed by atoms with Gasteiger partial charge < -0.3 is 10.4 Å². The standard InChI is InChI=1S/C13H12N4O/c1-14-12-13-16-8-11(17(13)6-5-15-12)9-3-2-4-10(18)7-9/h2-8,18H,1H3,(H,14,15). The lowest BCUT2D eigenvalue weighted by atomic mass is 10.1. The third-order valence-corrected chi connectivity index (χ3v) is 2.81. The van der Waals surface area contributed by atoms with Crippen molar-refractivity contribution in [2.75, 3.05) is 12.4 Å². The van der Waals surface area contributed by atoms with Crippen LogP contribution in [0.1, 0.15) is 0 Å². The molecule has 0 bridgehead atoms. The molecule has 0 aliphatic carbocycles. The number of benzene rings is 1. The summed E-state index contributed by atoms with van der Waals surface area (Å²) < 4.78 is 1.94. The Bertz CT molecular complexity index is 705. The number of anilines is 1. The van der Waals surface area contributed by atoms with E-state index in [1.807, 2.05) is 29.8 Å². The first-order valence-electron chi connectivity index (χ1n) is 5.59. The third-order valence-electron chi connectivity index (χ3n) is 2.81. The molecule has 5 nitrogen and oxygen atoms in total. The Hall–Kier alpha value is -2.56. The summed E-state index contributed by atoms with van der Waals surface area (Å²) >= 11 is 0. The molecule has 5 heteroatoms. The van der Waals surface area contributed by atoms with Gasteiger partial charge in [-0.25, -0.2) is 9.97 Å². The number of fused-ring (bicyclic) bond motifs is 1. The van der Waals surface area contributed by atoms with Gasteiger partial charge in [-0.1, -0.05) is 12.1 Å². The number of rotatable bonds is 2. The topological polar surface area (TPSA) is 62.5 Å². The maximum atomic E-state index is 9.53. The van der Waals surface area contributed by atoms with Gasteiger partial charge in [0.25, 0.3) is 0 Å². The molecule has 0 aliphatic heterocycles. The first-order chi connectivity index (χ1) is 8.79. The van der Waals surface area contributed by atoms with E-state index in [2.05, 4.69) is 15.3 Å². The molecule has 1 aromatic carbocycles. The van der Waals surface area contributed by atoms with E-state index in [9.17, 15) is 5.11 Å². The highest BCUT2D eigenvalue weighted by Crippen LogP contribution is 2.25. The van der Waals surface area contributed by atoms with Crippen LogP contribution in [0.4, 0.5) is 5.82 Å². The highest BCUT2D eigenvalue weighted by Gasteiger charge is 2.09. The van der Waals surface area contributed by atoms with Gasteiger partial charge in [-0.2, -0.15) is 0 Å². The molecular weight excluding hydrogens is 228 g/mol. The fourth-order valence-electron chi connectivity index (χ4n) is 1.97. The Kier molecular flexibility index (Phi) is 2.37. The van der Waals surface area contributed by atoms with Crippen LogP contribution in [-0.2, 0) is 0 Å². The molecule has 2 aromatic heterocycles. The van der Waals surface area contributed by atoms with Crippen molar-refractivity contribution in [2.24, 2.45) is 0 Å². The van der Waals surface area contributed by atoms with Crippen LogP contribution in [0.25, 0.3) is 16.9 Å². The zero-order valence-electron chi connectivity index (χ0n) is 9.83. The molecule has 18 heavy (non-hydrogen) atoms. The maximum absolute atomic E-state index is 9.53. The molecule has 3 rings (SSSR count). The first-order valence-corrected chi connectivity index (χ1v) is 5.59. The van der Waals surface area contributed by atoms with Gasteiger partial charge in [0.15, 0.2) is 11.5 Å². The van der Waals surface area contributed by atoms with Crippen molar-refractivity contribution in [3.8, 4) is 17.0 Å². The van der Waals surface area contributed by atoms with Crippen LogP contribution < -0.4 is 5.32 Å². The second kappa shape index (κ2) is 4.03. The largest absolute Gasteiger partial charge is 0.508 e. The molecule has 3 aromatic rings. The molecule has 0 saturated heterocycles. The highest BCUT2D eigenvalue weighted by molar-refractivity contribution is 5.70. The van der Waals surface area contributed by atoms with E-state index in [1.165, 1.54) is 0 Å². The van der Waals surface area contributed by atoms with Crippen molar-refractivity contribution < 1.29 is 5.11 Å². The number of phenolic OH excluding ortho intramolecular Hbond substituents is 1. The van der Waals surface area contributed by atoms with Crippen LogP contribution in [-0.4, -0.2) is 26.5 Å². The monoisotopic (exact) mass is 240 g/mol. The smallest absolute Gasteiger partial charge is 0.180 e. The van der Waals surface area contributed by atoms with Crippen LogP contribution >= 0.6 is 0 Å². The average molecular weight is 240 g/mol. The first kappa shape index (κ1) is 10.6. The number of hydrogen-bond donors (Lipinski definition) is 2. The fraction of sp³-hybridized carbons (Fsp3) is 0.0769. The minimum absolute atomic E-state index is 0.241. The maximum Gasteiger partial charge on any atom is 0.180 e. The number of nitrogens with zero attached hydrogens (tertiary/aromatic N) is 3. The van der Waals surface area contributed by atoms with Crippen LogP contribution in [0.3, 0.4) is 0 Å². The van der Waals surface area contributed by atoms with Crippen molar-refractivity contribution in [2.45, 2.75) is 0 Å². The van der Waals surface area contributed by atoms with Gasteiger partial charge in [-0.15, -0.1) is 0 Å². The van der Waals surface area contributed by atoms with Gasteiger partial charge in [-0.05, 0) is 12.1 Å². The van der Waals surface area contributed by atoms with Crippen LogP contribution in [0.2, 0.25) is 0 Å². The van der Waals surface area contributed by atoms with Gasteiger partial charge in [0, 0.05) is 25.0 Å². The van der Waals surface area contributed by atoms with Crippen molar-refractivity contribution >= 4 is 11.5 Å². The quantitative estimate of drug-likeness (QED) is 0.720. The molecule has 0 spiro atoms. The summed E-state index contributed by atoms with van der Waals surface area (Å²) in [5.74, 6) is 0.967. The molecular formula is C13H12N4O. The number of nitrogens with one attached hydrogen (secondary N) is 1. The lowest BCUT2D eigenvalue weighted by Gasteiger charge is -2.04. The molecule has 2 heterocycles. The second-order valence-corrected chi connectivity index (χ2v) is 3.91. The molecule has 90 valence electrons. The van der Waals surface area contributed by atoms with Gasteiger partial charge in [0.2, 0.25) is 0 Å². The van der Waals surface area contributed by atoms with E-state index in [4.69, 9.17) is 0 Å². The van der Waals surface area contributed by atoms with Gasteiger partial charge >= 0.3 is 0 Å². The van der Waals surface area contributed by atoms with E-state index < -0.39 is 0 Å². The normalized spacial score (nSPS) is 10.7. The van der Waals surface area contributed by atoms with E-state index in [1.54, 1.807) is 24.5 Å². The summed E-state index contributed by atoms with van der Waals surface area (Å²) in [7, 11) is 1.81. The number of imidazole rings is 1. The number of aromatic hydroxyl groups is 1. The molecule has 0 radical (unpaired) electrons. The molecule has 0 fully saturated rings. The summed E-state index contributed by atoms with van der Waals surface area (Å²) in [6.07, 6.45) is 5.34. The number of aromatic nitrogens is 3. The average Bonchev–Trinajstić information content (AvgIpc) is 2.82. The fourth-order valence-corrected chi connectivity index (χ4v) is 1.97. The summed E-state index contributed by atoms with van der Waals surface area (Å²) in [5.41, 5.74) is 2.59. The van der Waals surface area contributed by atoms with Crippen LogP contribution in [0.5, 0.6) is 5.75 Å². The van der Waals surface area contributed by atoms with Crippen LogP contribution in [0.15, 0.2) is 42.9 Å². The summed E-state index contributed by atoms with van der Waals surface area (Å²) in [6, 6.07) is 7.10. The Labute approximate surface area is 104 Å². The molecule has 0 amide bonds. The SMILES string of the molecule is CNc1nccn2c(-c3cccc(O)c3)cnc12. The summed E-state index contributed by atoms with van der Waals surface area (Å²) in [6.45, 7) is 0. The molecule has 2 N–H and O–H groups in total. The predicted molar refractivity (Wildman–Crippen MR) is 69.6 cm³/mol. The Morgan fingerprint density at radius 3 is 2.94 bits per heavy atom. The highest BCUT2D eigenvalue weighted by atomic mass is 16.3. The van der Waals surface area contributed by atoms with Gasteiger partial charge in [-0.3, -0.25) is 4.40 Å². The van der Waals surface area contributed by atoms with E-state index in [-0.39, 0.29) is 5.75 Å². The van der Waals surface area contributed by atoms with Crippen molar-refractivity contribution in [3.05, 3.63) is 42.9 Å². The van der Waals surface area contributed by atoms with Crippen molar-refractivity contribution in [1.82, 2.24) is 14.4 Å². The molecule has 0 unspecified atom stereocenters. The minimum atomic E-state index is 0.241. The second-order valence-electron chi connectivity index (χ2n) is 3.91. The summed E-state index contributed by atoms with van der Waals surface area (Å²) in [5, 5.41) is 12.5.